The minimum absolute atomic E-state index is 0.141. The third kappa shape index (κ3) is 5.58. The van der Waals surface area contributed by atoms with Gasteiger partial charge in [0.05, 0.1) is 6.54 Å². The quantitative estimate of drug-likeness (QED) is 0.743. The Morgan fingerprint density at radius 1 is 1.00 bits per heavy atom. The Hall–Kier alpha value is -2.89. The highest BCUT2D eigenvalue weighted by Gasteiger charge is 2.10. The fraction of sp³-hybridized carbons (Fsp3) is 0.300. The summed E-state index contributed by atoms with van der Waals surface area (Å²) in [6.07, 6.45) is 0.383. The van der Waals surface area contributed by atoms with Gasteiger partial charge in [-0.2, -0.15) is 0 Å². The maximum absolute atomic E-state index is 13.5. The molecule has 0 saturated carbocycles. The molecule has 0 heterocycles. The molecule has 6 heteroatoms. The molecule has 0 aliphatic heterocycles. The fourth-order valence-corrected chi connectivity index (χ4v) is 2.80. The molecule has 0 atom stereocenters. The summed E-state index contributed by atoms with van der Waals surface area (Å²) >= 11 is 0. The van der Waals surface area contributed by atoms with Crippen LogP contribution in [0.25, 0.3) is 0 Å². The highest BCUT2D eigenvalue weighted by Crippen LogP contribution is 2.21. The van der Waals surface area contributed by atoms with Crippen LogP contribution in [0.2, 0.25) is 0 Å². The third-order valence-corrected chi connectivity index (χ3v) is 3.99. The smallest absolute Gasteiger partial charge is 0.315 e. The molecule has 26 heavy (non-hydrogen) atoms. The molecule has 0 unspecified atom stereocenters. The normalized spacial score (nSPS) is 10.3. The SMILES string of the molecule is Cc1cc(C)c(NC(=O)CNC(=O)NCCc2ccccc2F)c(C)c1. The van der Waals surface area contributed by atoms with Gasteiger partial charge in [-0.05, 0) is 49.9 Å². The summed E-state index contributed by atoms with van der Waals surface area (Å²) in [6.45, 7) is 6.00. The molecule has 0 saturated heterocycles. The van der Waals surface area contributed by atoms with E-state index in [0.717, 1.165) is 22.4 Å². The van der Waals surface area contributed by atoms with Crippen molar-refractivity contribution in [1.82, 2.24) is 10.6 Å². The Labute approximate surface area is 153 Å². The summed E-state index contributed by atoms with van der Waals surface area (Å²) < 4.78 is 13.5. The molecule has 5 nitrogen and oxygen atoms in total. The van der Waals surface area contributed by atoms with Crippen LogP contribution in [-0.2, 0) is 11.2 Å². The zero-order chi connectivity index (χ0) is 19.1. The van der Waals surface area contributed by atoms with E-state index in [4.69, 9.17) is 0 Å². The van der Waals surface area contributed by atoms with Gasteiger partial charge in [-0.25, -0.2) is 9.18 Å². The Morgan fingerprint density at radius 2 is 1.65 bits per heavy atom. The molecule has 2 aromatic rings. The van der Waals surface area contributed by atoms with Crippen molar-refractivity contribution < 1.29 is 14.0 Å². The number of hydrogen-bond acceptors (Lipinski definition) is 2. The van der Waals surface area contributed by atoms with E-state index < -0.39 is 6.03 Å². The van der Waals surface area contributed by atoms with Crippen LogP contribution in [0.4, 0.5) is 14.9 Å². The van der Waals surface area contributed by atoms with Crippen LogP contribution in [0.15, 0.2) is 36.4 Å². The van der Waals surface area contributed by atoms with Gasteiger partial charge in [-0.3, -0.25) is 4.79 Å². The average Bonchev–Trinajstić information content (AvgIpc) is 2.58. The van der Waals surface area contributed by atoms with Crippen molar-refractivity contribution in [2.45, 2.75) is 27.2 Å². The maximum Gasteiger partial charge on any atom is 0.315 e. The number of aryl methyl sites for hydroxylation is 3. The molecule has 0 aromatic heterocycles. The van der Waals surface area contributed by atoms with E-state index in [1.165, 1.54) is 6.07 Å². The molecule has 138 valence electrons. The van der Waals surface area contributed by atoms with Crippen LogP contribution < -0.4 is 16.0 Å². The highest BCUT2D eigenvalue weighted by molar-refractivity contribution is 5.95. The number of halogens is 1. The van der Waals surface area contributed by atoms with Crippen molar-refractivity contribution >= 4 is 17.6 Å². The lowest BCUT2D eigenvalue weighted by Crippen LogP contribution is -2.40. The highest BCUT2D eigenvalue weighted by atomic mass is 19.1. The van der Waals surface area contributed by atoms with Crippen LogP contribution >= 0.6 is 0 Å². The first kappa shape index (κ1) is 19.4. The molecule has 0 aliphatic rings. The van der Waals surface area contributed by atoms with Crippen molar-refractivity contribution in [2.24, 2.45) is 0 Å². The summed E-state index contributed by atoms with van der Waals surface area (Å²) in [4.78, 5) is 23.8. The van der Waals surface area contributed by atoms with Crippen LogP contribution in [0.1, 0.15) is 22.3 Å². The molecule has 0 aliphatic carbocycles. The molecule has 2 rings (SSSR count). The predicted octanol–water partition coefficient (Wildman–Crippen LogP) is 3.23. The Morgan fingerprint density at radius 3 is 2.31 bits per heavy atom. The molecule has 3 N–H and O–H groups in total. The lowest BCUT2D eigenvalue weighted by molar-refractivity contribution is -0.115. The number of nitrogens with one attached hydrogen (secondary N) is 3. The largest absolute Gasteiger partial charge is 0.338 e. The lowest BCUT2D eigenvalue weighted by Gasteiger charge is -2.13. The predicted molar refractivity (Wildman–Crippen MR) is 101 cm³/mol. The molecule has 2 aromatic carbocycles. The monoisotopic (exact) mass is 357 g/mol. The van der Waals surface area contributed by atoms with Gasteiger partial charge >= 0.3 is 6.03 Å². The Bertz CT molecular complexity index is 782. The van der Waals surface area contributed by atoms with Gasteiger partial charge in [0.1, 0.15) is 5.82 Å². The molecule has 0 fully saturated rings. The van der Waals surface area contributed by atoms with Gasteiger partial charge in [-0.15, -0.1) is 0 Å². The summed E-state index contributed by atoms with van der Waals surface area (Å²) in [5.41, 5.74) is 4.39. The molecule has 0 radical (unpaired) electrons. The van der Waals surface area contributed by atoms with Gasteiger partial charge in [0.2, 0.25) is 5.91 Å². The second kappa shape index (κ2) is 8.99. The van der Waals surface area contributed by atoms with E-state index in [1.54, 1.807) is 18.2 Å². The fourth-order valence-electron chi connectivity index (χ4n) is 2.80. The zero-order valence-corrected chi connectivity index (χ0v) is 15.3. The van der Waals surface area contributed by atoms with Gasteiger partial charge in [-0.1, -0.05) is 35.9 Å². The Kier molecular flexibility index (Phi) is 6.72. The molecule has 0 spiro atoms. The summed E-state index contributed by atoms with van der Waals surface area (Å²) in [5, 5.41) is 7.93. The van der Waals surface area contributed by atoms with E-state index >= 15 is 0 Å². The molecular weight excluding hydrogens is 333 g/mol. The minimum Gasteiger partial charge on any atom is -0.338 e. The van der Waals surface area contributed by atoms with Crippen molar-refractivity contribution in [1.29, 1.82) is 0 Å². The van der Waals surface area contributed by atoms with Gasteiger partial charge in [0.15, 0.2) is 0 Å². The van der Waals surface area contributed by atoms with Gasteiger partial charge in [0.25, 0.3) is 0 Å². The number of amides is 3. The first-order valence-corrected chi connectivity index (χ1v) is 8.49. The minimum atomic E-state index is -0.464. The van der Waals surface area contributed by atoms with Crippen LogP contribution in [-0.4, -0.2) is 25.0 Å². The van der Waals surface area contributed by atoms with Crippen LogP contribution in [0.5, 0.6) is 0 Å². The van der Waals surface area contributed by atoms with Crippen molar-refractivity contribution in [3.8, 4) is 0 Å². The maximum atomic E-state index is 13.5. The zero-order valence-electron chi connectivity index (χ0n) is 15.3. The second-order valence-electron chi connectivity index (χ2n) is 6.27. The van der Waals surface area contributed by atoms with Crippen LogP contribution in [0, 0.1) is 26.6 Å². The van der Waals surface area contributed by atoms with Crippen LogP contribution in [0.3, 0.4) is 0 Å². The molecule has 0 bridgehead atoms. The van der Waals surface area contributed by atoms with Crippen molar-refractivity contribution in [3.63, 3.8) is 0 Å². The number of urea groups is 1. The van der Waals surface area contributed by atoms with Crippen molar-refractivity contribution in [3.05, 3.63) is 64.5 Å². The van der Waals surface area contributed by atoms with E-state index in [1.807, 2.05) is 32.9 Å². The third-order valence-electron chi connectivity index (χ3n) is 3.99. The summed E-state index contributed by atoms with van der Waals surface area (Å²) in [7, 11) is 0. The lowest BCUT2D eigenvalue weighted by atomic mass is 10.1. The van der Waals surface area contributed by atoms with E-state index in [-0.39, 0.29) is 24.8 Å². The number of rotatable bonds is 6. The average molecular weight is 357 g/mol. The number of anilines is 1. The second-order valence-corrected chi connectivity index (χ2v) is 6.27. The van der Waals surface area contributed by atoms with E-state index in [9.17, 15) is 14.0 Å². The molecular formula is C20H24FN3O2. The summed E-state index contributed by atoms with van der Waals surface area (Å²) in [6, 6.07) is 9.95. The van der Waals surface area contributed by atoms with E-state index in [2.05, 4.69) is 16.0 Å². The number of carbonyl (C=O) groups excluding carboxylic acids is 2. The Balaban J connectivity index is 1.75. The topological polar surface area (TPSA) is 70.2 Å². The standard InChI is InChI=1S/C20H24FN3O2/c1-13-10-14(2)19(15(3)11-13)24-18(25)12-23-20(26)22-9-8-16-6-4-5-7-17(16)21/h4-7,10-11H,8-9,12H2,1-3H3,(H,24,25)(H2,22,23,26). The first-order chi connectivity index (χ1) is 12.4. The van der Waals surface area contributed by atoms with E-state index in [0.29, 0.717) is 12.0 Å². The number of carbonyl (C=O) groups is 2. The van der Waals surface area contributed by atoms with Crippen molar-refractivity contribution in [2.75, 3.05) is 18.4 Å². The van der Waals surface area contributed by atoms with Gasteiger partial charge < -0.3 is 16.0 Å². The molecule has 3 amide bonds. The summed E-state index contributed by atoms with van der Waals surface area (Å²) in [5.74, 6) is -0.595. The number of hydrogen-bond donors (Lipinski definition) is 3. The number of benzene rings is 2. The first-order valence-electron chi connectivity index (χ1n) is 8.49. The van der Waals surface area contributed by atoms with Gasteiger partial charge in [0, 0.05) is 12.2 Å².